The Labute approximate surface area is 128 Å². The van der Waals surface area contributed by atoms with Crippen LogP contribution in [-0.4, -0.2) is 25.8 Å². The fraction of sp³-hybridized carbons (Fsp3) is 0.538. The fourth-order valence-electron chi connectivity index (χ4n) is 2.34. The first-order valence-corrected chi connectivity index (χ1v) is 8.88. The molecule has 1 fully saturated rings. The molecule has 0 aromatic heterocycles. The van der Waals surface area contributed by atoms with Crippen molar-refractivity contribution in [3.8, 4) is 0 Å². The first-order valence-electron chi connectivity index (χ1n) is 6.27. The van der Waals surface area contributed by atoms with Gasteiger partial charge < -0.3 is 0 Å². The zero-order chi connectivity index (χ0) is 14.2. The van der Waals surface area contributed by atoms with Gasteiger partial charge in [-0.2, -0.15) is 4.31 Å². The molecule has 0 N–H and O–H groups in total. The molecule has 1 aromatic rings. The predicted octanol–water partition coefficient (Wildman–Crippen LogP) is 3.77. The molecule has 0 radical (unpaired) electrons. The first kappa shape index (κ1) is 15.3. The topological polar surface area (TPSA) is 37.4 Å². The first-order chi connectivity index (χ1) is 8.82. The summed E-state index contributed by atoms with van der Waals surface area (Å²) >= 11 is 9.34. The lowest BCUT2D eigenvalue weighted by atomic mass is 9.96. The molecule has 6 heteroatoms. The van der Waals surface area contributed by atoms with Crippen LogP contribution in [0.1, 0.15) is 20.3 Å². The summed E-state index contributed by atoms with van der Waals surface area (Å²) in [4.78, 5) is 0.196. The van der Waals surface area contributed by atoms with E-state index in [1.165, 1.54) is 0 Å². The Hall–Kier alpha value is -0.100. The maximum Gasteiger partial charge on any atom is 0.244 e. The van der Waals surface area contributed by atoms with Crippen molar-refractivity contribution in [2.75, 3.05) is 13.1 Å². The van der Waals surface area contributed by atoms with E-state index in [2.05, 4.69) is 29.8 Å². The number of nitrogens with zero attached hydrogens (tertiary/aromatic N) is 1. The van der Waals surface area contributed by atoms with Gasteiger partial charge in [0.1, 0.15) is 4.90 Å². The highest BCUT2D eigenvalue weighted by atomic mass is 79.9. The van der Waals surface area contributed by atoms with E-state index in [0.717, 1.165) is 10.9 Å². The number of hydrogen-bond acceptors (Lipinski definition) is 2. The van der Waals surface area contributed by atoms with Gasteiger partial charge in [0.15, 0.2) is 0 Å². The van der Waals surface area contributed by atoms with Crippen LogP contribution in [0.5, 0.6) is 0 Å². The quantitative estimate of drug-likeness (QED) is 0.816. The van der Waals surface area contributed by atoms with Crippen molar-refractivity contribution in [2.24, 2.45) is 11.8 Å². The summed E-state index contributed by atoms with van der Waals surface area (Å²) in [6.07, 6.45) is 0.922. The van der Waals surface area contributed by atoms with Crippen LogP contribution in [0, 0.1) is 11.8 Å². The second-order valence-corrected chi connectivity index (χ2v) is 8.46. The normalized spacial score (nSPS) is 21.2. The van der Waals surface area contributed by atoms with Gasteiger partial charge in [-0.25, -0.2) is 8.42 Å². The second kappa shape index (κ2) is 5.72. The molecule has 1 saturated heterocycles. The molecule has 3 nitrogen and oxygen atoms in total. The standard InChI is InChI=1S/C13H17BrClNO2S/c1-9(2)10-5-6-16(8-10)19(17,18)13-4-3-11(14)7-12(13)15/h3-4,7,9-10H,5-6,8H2,1-2H3. The van der Waals surface area contributed by atoms with Crippen LogP contribution in [0.4, 0.5) is 0 Å². The number of halogens is 2. The van der Waals surface area contributed by atoms with Crippen LogP contribution in [0.15, 0.2) is 27.6 Å². The third-order valence-corrected chi connectivity index (χ3v) is 6.48. The summed E-state index contributed by atoms with van der Waals surface area (Å²) in [6.45, 7) is 5.44. The summed E-state index contributed by atoms with van der Waals surface area (Å²) in [6, 6.07) is 4.88. The van der Waals surface area contributed by atoms with Gasteiger partial charge in [-0.05, 0) is 36.5 Å². The highest BCUT2D eigenvalue weighted by molar-refractivity contribution is 9.10. The van der Waals surface area contributed by atoms with Crippen molar-refractivity contribution in [1.82, 2.24) is 4.31 Å². The summed E-state index contributed by atoms with van der Waals surface area (Å²) < 4.78 is 27.4. The Morgan fingerprint density at radius 3 is 2.63 bits per heavy atom. The van der Waals surface area contributed by atoms with Crippen LogP contribution >= 0.6 is 27.5 Å². The highest BCUT2D eigenvalue weighted by Gasteiger charge is 2.34. The second-order valence-electron chi connectivity index (χ2n) is 5.23. The monoisotopic (exact) mass is 365 g/mol. The molecule has 1 heterocycles. The van der Waals surface area contributed by atoms with E-state index < -0.39 is 10.0 Å². The molecular weight excluding hydrogens is 350 g/mol. The van der Waals surface area contributed by atoms with Crippen LogP contribution in [-0.2, 0) is 10.0 Å². The Kier molecular flexibility index (Phi) is 4.60. The van der Waals surface area contributed by atoms with E-state index >= 15 is 0 Å². The van der Waals surface area contributed by atoms with Crippen molar-refractivity contribution >= 4 is 37.6 Å². The average Bonchev–Trinajstić information content (AvgIpc) is 2.78. The number of benzene rings is 1. The Balaban J connectivity index is 2.29. The van der Waals surface area contributed by atoms with Crippen molar-refractivity contribution in [3.63, 3.8) is 0 Å². The van der Waals surface area contributed by atoms with Gasteiger partial charge in [-0.15, -0.1) is 0 Å². The van der Waals surface area contributed by atoms with Gasteiger partial charge in [0, 0.05) is 17.6 Å². The molecule has 0 amide bonds. The van der Waals surface area contributed by atoms with Crippen molar-refractivity contribution in [2.45, 2.75) is 25.2 Å². The molecule has 1 aliphatic heterocycles. The van der Waals surface area contributed by atoms with Crippen LogP contribution < -0.4 is 0 Å². The summed E-state index contributed by atoms with van der Waals surface area (Å²) in [5, 5.41) is 0.266. The van der Waals surface area contributed by atoms with E-state index in [4.69, 9.17) is 11.6 Å². The molecular formula is C13H17BrClNO2S. The van der Waals surface area contributed by atoms with Crippen LogP contribution in [0.3, 0.4) is 0 Å². The van der Waals surface area contributed by atoms with Crippen LogP contribution in [0.2, 0.25) is 5.02 Å². The van der Waals surface area contributed by atoms with Crippen molar-refractivity contribution in [1.29, 1.82) is 0 Å². The number of sulfonamides is 1. The summed E-state index contributed by atoms with van der Waals surface area (Å²) in [7, 11) is -3.47. The smallest absolute Gasteiger partial charge is 0.207 e. The third kappa shape index (κ3) is 3.15. The molecule has 2 rings (SSSR count). The molecule has 106 valence electrons. The van der Waals surface area contributed by atoms with E-state index in [1.54, 1.807) is 22.5 Å². The van der Waals surface area contributed by atoms with Gasteiger partial charge in [-0.1, -0.05) is 41.4 Å². The van der Waals surface area contributed by atoms with Gasteiger partial charge in [0.05, 0.1) is 5.02 Å². The van der Waals surface area contributed by atoms with Gasteiger partial charge >= 0.3 is 0 Å². The Morgan fingerprint density at radius 2 is 2.11 bits per heavy atom. The molecule has 0 spiro atoms. The van der Waals surface area contributed by atoms with Gasteiger partial charge in [0.25, 0.3) is 0 Å². The van der Waals surface area contributed by atoms with E-state index in [1.807, 2.05) is 0 Å². The average molecular weight is 367 g/mol. The number of rotatable bonds is 3. The minimum absolute atomic E-state index is 0.196. The molecule has 0 saturated carbocycles. The summed E-state index contributed by atoms with van der Waals surface area (Å²) in [5.74, 6) is 0.935. The molecule has 1 atom stereocenters. The minimum atomic E-state index is -3.47. The zero-order valence-electron chi connectivity index (χ0n) is 10.9. The van der Waals surface area contributed by atoms with Crippen molar-refractivity contribution in [3.05, 3.63) is 27.7 Å². The third-order valence-electron chi connectivity index (χ3n) is 3.64. The van der Waals surface area contributed by atoms with Gasteiger partial charge in [-0.3, -0.25) is 0 Å². The van der Waals surface area contributed by atoms with E-state index in [0.29, 0.717) is 24.9 Å². The van der Waals surface area contributed by atoms with E-state index in [9.17, 15) is 8.42 Å². The minimum Gasteiger partial charge on any atom is -0.207 e. The molecule has 1 unspecified atom stereocenters. The lowest BCUT2D eigenvalue weighted by molar-refractivity contribution is 0.388. The highest BCUT2D eigenvalue weighted by Crippen LogP contribution is 2.32. The maximum absolute atomic E-state index is 12.6. The van der Waals surface area contributed by atoms with Gasteiger partial charge in [0.2, 0.25) is 10.0 Å². The van der Waals surface area contributed by atoms with Crippen molar-refractivity contribution < 1.29 is 8.42 Å². The van der Waals surface area contributed by atoms with E-state index in [-0.39, 0.29) is 9.92 Å². The molecule has 0 bridgehead atoms. The molecule has 0 aliphatic carbocycles. The molecule has 1 aromatic carbocycles. The zero-order valence-corrected chi connectivity index (χ0v) is 14.1. The number of hydrogen-bond donors (Lipinski definition) is 0. The largest absolute Gasteiger partial charge is 0.244 e. The fourth-order valence-corrected chi connectivity index (χ4v) is 4.86. The Bertz CT molecular complexity index is 574. The summed E-state index contributed by atoms with van der Waals surface area (Å²) in [5.41, 5.74) is 0. The predicted molar refractivity (Wildman–Crippen MR) is 80.9 cm³/mol. The SMILES string of the molecule is CC(C)C1CCN(S(=O)(=O)c2ccc(Br)cc2Cl)C1. The maximum atomic E-state index is 12.6. The lowest BCUT2D eigenvalue weighted by Crippen LogP contribution is -2.29. The van der Waals surface area contributed by atoms with Crippen LogP contribution in [0.25, 0.3) is 0 Å². The molecule has 1 aliphatic rings. The lowest BCUT2D eigenvalue weighted by Gasteiger charge is -2.18. The Morgan fingerprint density at radius 1 is 1.42 bits per heavy atom. The molecule has 19 heavy (non-hydrogen) atoms.